The molecular weight excluding hydrogens is 294 g/mol. The van der Waals surface area contributed by atoms with E-state index in [2.05, 4.69) is 34.1 Å². The van der Waals surface area contributed by atoms with Crippen LogP contribution in [0.3, 0.4) is 0 Å². The van der Waals surface area contributed by atoms with Crippen molar-refractivity contribution in [2.45, 2.75) is 19.0 Å². The fraction of sp³-hybridized carbons (Fsp3) is 0.471. The highest BCUT2D eigenvalue weighted by molar-refractivity contribution is 5.56. The molecule has 23 heavy (non-hydrogen) atoms. The molecule has 6 nitrogen and oxygen atoms in total. The second kappa shape index (κ2) is 6.91. The van der Waals surface area contributed by atoms with Gasteiger partial charge in [-0.3, -0.25) is 4.90 Å². The molecule has 3 rings (SSSR count). The van der Waals surface area contributed by atoms with Gasteiger partial charge in [0.15, 0.2) is 5.76 Å². The van der Waals surface area contributed by atoms with Gasteiger partial charge in [0, 0.05) is 49.1 Å². The quantitative estimate of drug-likeness (QED) is 0.815. The molecule has 0 N–H and O–H groups in total. The Morgan fingerprint density at radius 2 is 2.00 bits per heavy atom. The first-order chi connectivity index (χ1) is 11.2. The van der Waals surface area contributed by atoms with Crippen LogP contribution in [0, 0.1) is 0 Å². The molecule has 1 aliphatic heterocycles. The van der Waals surface area contributed by atoms with E-state index in [0.29, 0.717) is 6.04 Å². The molecule has 2 aromatic rings. The maximum atomic E-state index is 5.36. The lowest BCUT2D eigenvalue weighted by atomic mass is 10.2. The molecule has 124 valence electrons. The molecule has 0 aliphatic carbocycles. The molecule has 1 aromatic heterocycles. The highest BCUT2D eigenvalue weighted by atomic mass is 16.5. The first kappa shape index (κ1) is 15.7. The summed E-state index contributed by atoms with van der Waals surface area (Å²) in [5.41, 5.74) is 1.14. The van der Waals surface area contributed by atoms with Gasteiger partial charge in [0.2, 0.25) is 0 Å². The van der Waals surface area contributed by atoms with Gasteiger partial charge in [0.05, 0.1) is 27.0 Å². The van der Waals surface area contributed by atoms with Crippen molar-refractivity contribution in [2.24, 2.45) is 0 Å². The molecule has 0 bridgehead atoms. The summed E-state index contributed by atoms with van der Waals surface area (Å²) in [6.45, 7) is 2.77. The van der Waals surface area contributed by atoms with E-state index in [1.807, 2.05) is 12.1 Å². The topological polar surface area (TPSA) is 51.0 Å². The molecule has 0 spiro atoms. The minimum Gasteiger partial charge on any atom is -0.497 e. The van der Waals surface area contributed by atoms with E-state index >= 15 is 0 Å². The fourth-order valence-corrected chi connectivity index (χ4v) is 3.01. The Bertz CT molecular complexity index is 608. The van der Waals surface area contributed by atoms with Gasteiger partial charge in [0.1, 0.15) is 11.5 Å². The van der Waals surface area contributed by atoms with Gasteiger partial charge in [-0.05, 0) is 13.5 Å². The molecule has 1 aromatic carbocycles. The van der Waals surface area contributed by atoms with Crippen LogP contribution in [0.2, 0.25) is 0 Å². The second-order valence-electron chi connectivity index (χ2n) is 5.85. The number of aromatic nitrogens is 1. The molecular formula is C17H23N3O3. The predicted octanol–water partition coefficient (Wildman–Crippen LogP) is 2.40. The zero-order valence-electron chi connectivity index (χ0n) is 13.9. The van der Waals surface area contributed by atoms with Crippen LogP contribution in [0.5, 0.6) is 11.5 Å². The number of hydrogen-bond donors (Lipinski definition) is 0. The standard InChI is InChI=1S/C17H23N3O3/c1-19(12-15-4-6-18-23-15)13-5-7-20(11-13)14-8-16(21-2)10-17(9-14)22-3/h4,6,8-10,13H,5,7,11-12H2,1-3H3. The number of rotatable bonds is 6. The van der Waals surface area contributed by atoms with Crippen molar-refractivity contribution in [2.75, 3.05) is 39.3 Å². The molecule has 0 radical (unpaired) electrons. The summed E-state index contributed by atoms with van der Waals surface area (Å²) < 4.78 is 15.9. The minimum atomic E-state index is 0.484. The number of benzene rings is 1. The second-order valence-corrected chi connectivity index (χ2v) is 5.85. The Morgan fingerprint density at radius 3 is 2.61 bits per heavy atom. The zero-order valence-corrected chi connectivity index (χ0v) is 13.9. The lowest BCUT2D eigenvalue weighted by Gasteiger charge is -2.24. The van der Waals surface area contributed by atoms with Gasteiger partial charge in [-0.1, -0.05) is 5.16 Å². The van der Waals surface area contributed by atoms with Crippen LogP contribution in [0.25, 0.3) is 0 Å². The normalized spacial score (nSPS) is 17.7. The van der Waals surface area contributed by atoms with E-state index in [4.69, 9.17) is 14.0 Å². The maximum Gasteiger partial charge on any atom is 0.150 e. The molecule has 6 heteroatoms. The Balaban J connectivity index is 1.67. The van der Waals surface area contributed by atoms with Gasteiger partial charge >= 0.3 is 0 Å². The maximum absolute atomic E-state index is 5.36. The van der Waals surface area contributed by atoms with E-state index < -0.39 is 0 Å². The molecule has 1 atom stereocenters. The molecule has 0 saturated carbocycles. The predicted molar refractivity (Wildman–Crippen MR) is 88.1 cm³/mol. The Labute approximate surface area is 136 Å². The van der Waals surface area contributed by atoms with Crippen molar-refractivity contribution < 1.29 is 14.0 Å². The first-order valence-corrected chi connectivity index (χ1v) is 7.77. The molecule has 1 saturated heterocycles. The van der Waals surface area contributed by atoms with Crippen molar-refractivity contribution in [3.8, 4) is 11.5 Å². The van der Waals surface area contributed by atoms with E-state index in [1.54, 1.807) is 20.4 Å². The van der Waals surface area contributed by atoms with Crippen LogP contribution in [0.4, 0.5) is 5.69 Å². The number of ether oxygens (including phenoxy) is 2. The van der Waals surface area contributed by atoms with Crippen molar-refractivity contribution in [1.82, 2.24) is 10.1 Å². The van der Waals surface area contributed by atoms with Gasteiger partial charge < -0.3 is 18.9 Å². The van der Waals surface area contributed by atoms with Crippen molar-refractivity contribution >= 4 is 5.69 Å². The number of methoxy groups -OCH3 is 2. The summed E-state index contributed by atoms with van der Waals surface area (Å²) in [6.07, 6.45) is 2.80. The van der Waals surface area contributed by atoms with E-state index in [0.717, 1.165) is 49.0 Å². The molecule has 2 heterocycles. The van der Waals surface area contributed by atoms with Crippen LogP contribution in [-0.4, -0.2) is 50.5 Å². The van der Waals surface area contributed by atoms with E-state index in [9.17, 15) is 0 Å². The summed E-state index contributed by atoms with van der Waals surface area (Å²) in [5.74, 6) is 2.53. The van der Waals surface area contributed by atoms with Gasteiger partial charge in [-0.15, -0.1) is 0 Å². The number of hydrogen-bond acceptors (Lipinski definition) is 6. The van der Waals surface area contributed by atoms with Crippen LogP contribution in [-0.2, 0) is 6.54 Å². The molecule has 1 aliphatic rings. The van der Waals surface area contributed by atoms with Gasteiger partial charge in [-0.2, -0.15) is 0 Å². The average molecular weight is 317 g/mol. The van der Waals surface area contributed by atoms with Crippen LogP contribution < -0.4 is 14.4 Å². The van der Waals surface area contributed by atoms with Crippen molar-refractivity contribution in [1.29, 1.82) is 0 Å². The third kappa shape index (κ3) is 3.59. The Hall–Kier alpha value is -2.21. The first-order valence-electron chi connectivity index (χ1n) is 7.77. The number of anilines is 1. The largest absolute Gasteiger partial charge is 0.497 e. The molecule has 1 fully saturated rings. The fourth-order valence-electron chi connectivity index (χ4n) is 3.01. The molecule has 1 unspecified atom stereocenters. The third-order valence-corrected chi connectivity index (χ3v) is 4.38. The monoisotopic (exact) mass is 317 g/mol. The summed E-state index contributed by atoms with van der Waals surface area (Å²) in [5, 5.41) is 3.76. The average Bonchev–Trinajstić information content (AvgIpc) is 3.25. The summed E-state index contributed by atoms with van der Waals surface area (Å²) >= 11 is 0. The smallest absolute Gasteiger partial charge is 0.150 e. The lowest BCUT2D eigenvalue weighted by Crippen LogP contribution is -2.34. The van der Waals surface area contributed by atoms with Gasteiger partial charge in [0.25, 0.3) is 0 Å². The summed E-state index contributed by atoms with van der Waals surface area (Å²) in [7, 11) is 5.48. The van der Waals surface area contributed by atoms with Crippen LogP contribution >= 0.6 is 0 Å². The van der Waals surface area contributed by atoms with Crippen molar-refractivity contribution in [3.05, 3.63) is 36.2 Å². The SMILES string of the molecule is COc1cc(OC)cc(N2CCC(N(C)Cc3ccno3)C2)c1. The summed E-state index contributed by atoms with van der Waals surface area (Å²) in [6, 6.07) is 8.41. The Kier molecular flexibility index (Phi) is 4.71. The van der Waals surface area contributed by atoms with E-state index in [1.165, 1.54) is 0 Å². The Morgan fingerprint density at radius 1 is 1.26 bits per heavy atom. The minimum absolute atomic E-state index is 0.484. The summed E-state index contributed by atoms with van der Waals surface area (Å²) in [4.78, 5) is 4.69. The number of nitrogens with zero attached hydrogens (tertiary/aromatic N) is 3. The lowest BCUT2D eigenvalue weighted by molar-refractivity contribution is 0.220. The molecule has 0 amide bonds. The zero-order chi connectivity index (χ0) is 16.2. The number of likely N-dealkylation sites (N-methyl/N-ethyl adjacent to an activating group) is 1. The third-order valence-electron chi connectivity index (χ3n) is 4.38. The van der Waals surface area contributed by atoms with Crippen LogP contribution in [0.1, 0.15) is 12.2 Å². The van der Waals surface area contributed by atoms with Crippen molar-refractivity contribution in [3.63, 3.8) is 0 Å². The van der Waals surface area contributed by atoms with Gasteiger partial charge in [-0.25, -0.2) is 0 Å². The highest BCUT2D eigenvalue weighted by Gasteiger charge is 2.27. The van der Waals surface area contributed by atoms with Crippen LogP contribution in [0.15, 0.2) is 35.0 Å². The van der Waals surface area contributed by atoms with E-state index in [-0.39, 0.29) is 0 Å². The highest BCUT2D eigenvalue weighted by Crippen LogP contribution is 2.31.